The minimum absolute atomic E-state index is 0.0841. The molecule has 196 valence electrons. The summed E-state index contributed by atoms with van der Waals surface area (Å²) in [4.78, 5) is 18.4. The normalized spacial score (nSPS) is 11.4. The third-order valence-corrected chi connectivity index (χ3v) is 7.76. The van der Waals surface area contributed by atoms with Crippen LogP contribution in [0.25, 0.3) is 11.1 Å². The zero-order chi connectivity index (χ0) is 27.5. The van der Waals surface area contributed by atoms with E-state index in [0.29, 0.717) is 17.1 Å². The Morgan fingerprint density at radius 3 is 1.85 bits per heavy atom. The van der Waals surface area contributed by atoms with Gasteiger partial charge in [-0.2, -0.15) is 0 Å². The Kier molecular flexibility index (Phi) is 6.93. The number of aromatic nitrogens is 3. The van der Waals surface area contributed by atoms with Crippen molar-refractivity contribution in [3.63, 3.8) is 0 Å². The minimum Gasteiger partial charge on any atom is -0.316 e. The third kappa shape index (κ3) is 4.47. The number of nitrogens with zero attached hydrogens (tertiary/aromatic N) is 3. The second kappa shape index (κ2) is 10.8. The maximum Gasteiger partial charge on any atom is 0.258 e. The van der Waals surface area contributed by atoms with Gasteiger partial charge in [-0.05, 0) is 53.4 Å². The van der Waals surface area contributed by atoms with E-state index in [-0.39, 0.29) is 5.56 Å². The zero-order valence-corrected chi connectivity index (χ0v) is 22.9. The predicted molar refractivity (Wildman–Crippen MR) is 162 cm³/mol. The summed E-state index contributed by atoms with van der Waals surface area (Å²) in [6.45, 7) is 2.43. The molecule has 0 unspecified atom stereocenters. The molecule has 2 heterocycles. The highest BCUT2D eigenvalue weighted by Crippen LogP contribution is 2.41. The van der Waals surface area contributed by atoms with Crippen LogP contribution in [0, 0.1) is 6.92 Å². The summed E-state index contributed by atoms with van der Waals surface area (Å²) < 4.78 is 3.96. The lowest BCUT2D eigenvalue weighted by molar-refractivity contribution is 0.502. The van der Waals surface area contributed by atoms with Gasteiger partial charge in [0.05, 0.1) is 18.6 Å². The average Bonchev–Trinajstić information content (AvgIpc) is 3.36. The Balaban J connectivity index is 1.52. The largest absolute Gasteiger partial charge is 0.316 e. The molecule has 0 spiro atoms. The van der Waals surface area contributed by atoms with Gasteiger partial charge in [-0.25, -0.2) is 4.98 Å². The highest BCUT2D eigenvalue weighted by atomic mass is 35.5. The molecule has 0 aliphatic heterocycles. The van der Waals surface area contributed by atoms with Crippen LogP contribution in [0.1, 0.15) is 28.1 Å². The molecule has 0 saturated heterocycles. The van der Waals surface area contributed by atoms with Crippen LogP contribution in [0.15, 0.2) is 145 Å². The Bertz CT molecular complexity index is 1710. The van der Waals surface area contributed by atoms with Crippen molar-refractivity contribution in [2.45, 2.75) is 19.0 Å². The summed E-state index contributed by atoms with van der Waals surface area (Å²) in [5, 5.41) is 0.598. The van der Waals surface area contributed by atoms with Gasteiger partial charge in [0.25, 0.3) is 5.56 Å². The van der Waals surface area contributed by atoms with Crippen molar-refractivity contribution in [1.82, 2.24) is 14.1 Å². The number of halogens is 1. The molecule has 0 aliphatic carbocycles. The zero-order valence-electron chi connectivity index (χ0n) is 22.1. The molecule has 4 aromatic carbocycles. The van der Waals surface area contributed by atoms with Crippen molar-refractivity contribution in [1.29, 1.82) is 0 Å². The fraction of sp³-hybridized carbons (Fsp3) is 0.0857. The fourth-order valence-corrected chi connectivity index (χ4v) is 5.78. The maximum atomic E-state index is 13.5. The van der Waals surface area contributed by atoms with Gasteiger partial charge in [0, 0.05) is 22.5 Å². The molecular weight excluding hydrogens is 514 g/mol. The van der Waals surface area contributed by atoms with Gasteiger partial charge in [-0.15, -0.1) is 0 Å². The van der Waals surface area contributed by atoms with Gasteiger partial charge >= 0.3 is 0 Å². The molecule has 0 N–H and O–H groups in total. The van der Waals surface area contributed by atoms with Crippen LogP contribution in [0.3, 0.4) is 0 Å². The van der Waals surface area contributed by atoms with E-state index >= 15 is 0 Å². The monoisotopic (exact) mass is 541 g/mol. The smallest absolute Gasteiger partial charge is 0.258 e. The van der Waals surface area contributed by atoms with Crippen molar-refractivity contribution in [3.05, 3.63) is 183 Å². The van der Waals surface area contributed by atoms with Crippen LogP contribution in [0.4, 0.5) is 0 Å². The van der Waals surface area contributed by atoms with Crippen molar-refractivity contribution < 1.29 is 0 Å². The molecule has 5 heteroatoms. The molecule has 6 rings (SSSR count). The molecule has 4 nitrogen and oxygen atoms in total. The Morgan fingerprint density at radius 2 is 1.30 bits per heavy atom. The Labute approximate surface area is 238 Å². The lowest BCUT2D eigenvalue weighted by Gasteiger charge is -2.38. The van der Waals surface area contributed by atoms with Gasteiger partial charge in [0.1, 0.15) is 5.54 Å². The van der Waals surface area contributed by atoms with Crippen molar-refractivity contribution in [2.24, 2.45) is 0 Å². The molecule has 40 heavy (non-hydrogen) atoms. The SMILES string of the molecule is Cc1c(Cn2cccc(-c3cccc(Cl)c3)c2=O)ncn1C(c1ccccc1)(c1ccccc1)c1ccccc1. The second-order valence-corrected chi connectivity index (χ2v) is 10.3. The van der Waals surface area contributed by atoms with Gasteiger partial charge < -0.3 is 9.13 Å². The number of hydrogen-bond donors (Lipinski definition) is 0. The van der Waals surface area contributed by atoms with Crippen LogP contribution < -0.4 is 5.56 Å². The summed E-state index contributed by atoms with van der Waals surface area (Å²) in [7, 11) is 0. The molecule has 0 bridgehead atoms. The highest BCUT2D eigenvalue weighted by molar-refractivity contribution is 6.30. The average molecular weight is 542 g/mol. The quantitative estimate of drug-likeness (QED) is 0.196. The topological polar surface area (TPSA) is 39.8 Å². The molecule has 0 aliphatic rings. The van der Waals surface area contributed by atoms with Crippen LogP contribution in [0.5, 0.6) is 0 Å². The summed E-state index contributed by atoms with van der Waals surface area (Å²) in [5.74, 6) is 0. The number of rotatable bonds is 7. The van der Waals surface area contributed by atoms with Crippen LogP contribution in [0.2, 0.25) is 5.02 Å². The number of hydrogen-bond acceptors (Lipinski definition) is 2. The molecule has 2 aromatic heterocycles. The van der Waals surface area contributed by atoms with Crippen molar-refractivity contribution in [3.8, 4) is 11.1 Å². The fourth-order valence-electron chi connectivity index (χ4n) is 5.59. The maximum absolute atomic E-state index is 13.5. The first-order valence-corrected chi connectivity index (χ1v) is 13.6. The summed E-state index contributed by atoms with van der Waals surface area (Å²) in [6.07, 6.45) is 3.72. The summed E-state index contributed by atoms with van der Waals surface area (Å²) in [5.41, 5.74) is 5.85. The van der Waals surface area contributed by atoms with E-state index in [2.05, 4.69) is 84.3 Å². The predicted octanol–water partition coefficient (Wildman–Crippen LogP) is 7.56. The third-order valence-electron chi connectivity index (χ3n) is 7.52. The molecule has 0 radical (unpaired) electrons. The molecule has 0 amide bonds. The van der Waals surface area contributed by atoms with E-state index in [1.807, 2.05) is 61.1 Å². The van der Waals surface area contributed by atoms with Crippen molar-refractivity contribution >= 4 is 11.6 Å². The first-order valence-electron chi connectivity index (χ1n) is 13.2. The van der Waals surface area contributed by atoms with E-state index in [1.165, 1.54) is 0 Å². The van der Waals surface area contributed by atoms with Gasteiger partial charge in [-0.1, -0.05) is 115 Å². The van der Waals surface area contributed by atoms with Crippen LogP contribution in [-0.2, 0) is 12.1 Å². The van der Waals surface area contributed by atoms with E-state index in [4.69, 9.17) is 16.6 Å². The minimum atomic E-state index is -0.660. The number of imidazole rings is 1. The van der Waals surface area contributed by atoms with Gasteiger partial charge in [0.2, 0.25) is 0 Å². The van der Waals surface area contributed by atoms with E-state index in [9.17, 15) is 4.79 Å². The summed E-state index contributed by atoms with van der Waals surface area (Å²) >= 11 is 6.21. The van der Waals surface area contributed by atoms with Gasteiger partial charge in [0.15, 0.2) is 0 Å². The Morgan fingerprint density at radius 1 is 0.725 bits per heavy atom. The highest BCUT2D eigenvalue weighted by Gasteiger charge is 2.39. The lowest BCUT2D eigenvalue weighted by atomic mass is 9.76. The first-order chi connectivity index (χ1) is 19.6. The molecule has 0 atom stereocenters. The van der Waals surface area contributed by atoms with E-state index in [1.54, 1.807) is 10.6 Å². The molecular formula is C35H28ClN3O. The molecule has 6 aromatic rings. The van der Waals surface area contributed by atoms with E-state index in [0.717, 1.165) is 33.6 Å². The van der Waals surface area contributed by atoms with E-state index < -0.39 is 5.54 Å². The number of benzene rings is 4. The van der Waals surface area contributed by atoms with Crippen molar-refractivity contribution in [2.75, 3.05) is 0 Å². The standard InChI is InChI=1S/C35H28ClN3O/c1-26-33(24-38-22-12-21-32(34(38)40)27-13-11-20-31(36)23-27)37-25-39(26)35(28-14-5-2-6-15-28,29-16-7-3-8-17-29)30-18-9-4-10-19-30/h2-23,25H,24H2,1H3. The molecule has 0 fully saturated rings. The Hall–Kier alpha value is -4.67. The number of pyridine rings is 1. The van der Waals surface area contributed by atoms with Crippen LogP contribution >= 0.6 is 11.6 Å². The van der Waals surface area contributed by atoms with Gasteiger partial charge in [-0.3, -0.25) is 4.79 Å². The molecule has 0 saturated carbocycles. The lowest BCUT2D eigenvalue weighted by Crippen LogP contribution is -2.38. The summed E-state index contributed by atoms with van der Waals surface area (Å²) in [6, 6.07) is 42.7. The second-order valence-electron chi connectivity index (χ2n) is 9.82. The van der Waals surface area contributed by atoms with Crippen LogP contribution in [-0.4, -0.2) is 14.1 Å². The first kappa shape index (κ1) is 25.6.